The van der Waals surface area contributed by atoms with E-state index in [1.807, 2.05) is 0 Å². The molecule has 2 nitrogen and oxygen atoms in total. The molecule has 3 aliphatic rings. The van der Waals surface area contributed by atoms with E-state index in [4.69, 9.17) is 0 Å². The van der Waals surface area contributed by atoms with E-state index in [1.54, 1.807) is 0 Å². The van der Waals surface area contributed by atoms with Crippen LogP contribution in [-0.2, 0) is 7.05 Å². The van der Waals surface area contributed by atoms with Crippen molar-refractivity contribution >= 4 is 5.57 Å². The Balaban J connectivity index is 1.87. The molecule has 21 heavy (non-hydrogen) atoms. The largest absolute Gasteiger partial charge is 0.346 e. The number of rotatable bonds is 1. The van der Waals surface area contributed by atoms with Crippen LogP contribution >= 0.6 is 0 Å². The maximum absolute atomic E-state index is 2.35. The first-order chi connectivity index (χ1) is 10.3. The van der Waals surface area contributed by atoms with Crippen molar-refractivity contribution in [1.82, 2.24) is 4.90 Å². The van der Waals surface area contributed by atoms with E-state index in [1.165, 1.54) is 22.4 Å². The molecule has 0 saturated carbocycles. The third kappa shape index (κ3) is 1.83. The molecular weight excluding hydrogens is 256 g/mol. The van der Waals surface area contributed by atoms with Gasteiger partial charge in [0.25, 0.3) is 0 Å². The predicted octanol–water partition coefficient (Wildman–Crippen LogP) is 3.12. The van der Waals surface area contributed by atoms with Gasteiger partial charge in [0.2, 0.25) is 5.69 Å². The lowest BCUT2D eigenvalue weighted by Gasteiger charge is -2.27. The number of aromatic nitrogens is 1. The fraction of sp³-hybridized carbons (Fsp3) is 0.211. The molecule has 0 saturated heterocycles. The Bertz CT molecular complexity index is 747. The van der Waals surface area contributed by atoms with E-state index in [0.717, 1.165) is 0 Å². The first-order valence-corrected chi connectivity index (χ1v) is 7.44. The SMILES string of the molecule is CC1=C(c2cccc[n+]2C)C2=CN3C=CC=CC3C2C=C1. The van der Waals surface area contributed by atoms with Gasteiger partial charge in [-0.15, -0.1) is 0 Å². The normalized spacial score (nSPS) is 26.0. The summed E-state index contributed by atoms with van der Waals surface area (Å²) in [4.78, 5) is 2.33. The maximum atomic E-state index is 2.35. The Morgan fingerprint density at radius 2 is 2.05 bits per heavy atom. The summed E-state index contributed by atoms with van der Waals surface area (Å²) in [7, 11) is 2.12. The Labute approximate surface area is 125 Å². The third-order valence-corrected chi connectivity index (χ3v) is 4.58. The monoisotopic (exact) mass is 275 g/mol. The standard InChI is InChI=1S/C19H19N2/c1-14-9-10-15-16(13-21-12-6-4-7-17(15)21)19(14)18-8-3-5-11-20(18)2/h3-13,15,17H,1-2H3/q+1. The second-order valence-electron chi connectivity index (χ2n) is 5.89. The first kappa shape index (κ1) is 12.4. The molecule has 4 rings (SSSR count). The molecule has 0 aromatic carbocycles. The minimum atomic E-state index is 0.429. The van der Waals surface area contributed by atoms with Crippen molar-refractivity contribution in [1.29, 1.82) is 0 Å². The zero-order valence-corrected chi connectivity index (χ0v) is 12.4. The van der Waals surface area contributed by atoms with Crippen molar-refractivity contribution in [2.24, 2.45) is 13.0 Å². The number of fused-ring (bicyclic) bond motifs is 3. The van der Waals surface area contributed by atoms with E-state index < -0.39 is 0 Å². The number of pyridine rings is 1. The Morgan fingerprint density at radius 1 is 1.14 bits per heavy atom. The lowest BCUT2D eigenvalue weighted by atomic mass is 9.81. The van der Waals surface area contributed by atoms with Gasteiger partial charge >= 0.3 is 0 Å². The minimum absolute atomic E-state index is 0.429. The summed E-state index contributed by atoms with van der Waals surface area (Å²) in [5.74, 6) is 0.449. The highest BCUT2D eigenvalue weighted by Crippen LogP contribution is 2.43. The molecule has 2 unspecified atom stereocenters. The van der Waals surface area contributed by atoms with Crippen LogP contribution in [-0.4, -0.2) is 10.9 Å². The average Bonchev–Trinajstić information content (AvgIpc) is 2.87. The maximum Gasteiger partial charge on any atom is 0.212 e. The van der Waals surface area contributed by atoms with Gasteiger partial charge in [-0.1, -0.05) is 24.3 Å². The van der Waals surface area contributed by atoms with E-state index in [-0.39, 0.29) is 0 Å². The fourth-order valence-corrected chi connectivity index (χ4v) is 3.53. The highest BCUT2D eigenvalue weighted by Gasteiger charge is 2.37. The van der Waals surface area contributed by atoms with Crippen LogP contribution in [0.25, 0.3) is 5.57 Å². The van der Waals surface area contributed by atoms with Crippen molar-refractivity contribution in [3.63, 3.8) is 0 Å². The molecule has 2 heteroatoms. The molecule has 3 heterocycles. The highest BCUT2D eigenvalue weighted by molar-refractivity contribution is 5.83. The van der Waals surface area contributed by atoms with Gasteiger partial charge in [-0.2, -0.15) is 0 Å². The molecule has 1 aromatic heterocycles. The Hall–Kier alpha value is -2.35. The van der Waals surface area contributed by atoms with Crippen LogP contribution in [0, 0.1) is 5.92 Å². The number of nitrogens with zero attached hydrogens (tertiary/aromatic N) is 2. The van der Waals surface area contributed by atoms with Crippen LogP contribution < -0.4 is 4.57 Å². The first-order valence-electron chi connectivity index (χ1n) is 7.44. The number of allylic oxidation sites excluding steroid dienone is 5. The Kier molecular flexibility index (Phi) is 2.71. The molecule has 2 atom stereocenters. The predicted molar refractivity (Wildman–Crippen MR) is 84.8 cm³/mol. The summed E-state index contributed by atoms with van der Waals surface area (Å²) in [6.45, 7) is 2.21. The number of aryl methyl sites for hydroxylation is 1. The summed E-state index contributed by atoms with van der Waals surface area (Å²) < 4.78 is 2.21. The van der Waals surface area contributed by atoms with Crippen LogP contribution in [0.2, 0.25) is 0 Å². The molecular formula is C19H19N2+. The summed E-state index contributed by atoms with van der Waals surface area (Å²) in [6, 6.07) is 6.83. The molecule has 0 amide bonds. The fourth-order valence-electron chi connectivity index (χ4n) is 3.53. The molecule has 1 aromatic rings. The summed E-state index contributed by atoms with van der Waals surface area (Å²) in [5.41, 5.74) is 5.43. The topological polar surface area (TPSA) is 7.12 Å². The van der Waals surface area contributed by atoms with Crippen molar-refractivity contribution < 1.29 is 4.57 Å². The van der Waals surface area contributed by atoms with Gasteiger partial charge in [-0.3, -0.25) is 0 Å². The van der Waals surface area contributed by atoms with Gasteiger partial charge in [0, 0.05) is 30.5 Å². The summed E-state index contributed by atoms with van der Waals surface area (Å²) in [5, 5.41) is 0. The average molecular weight is 275 g/mol. The van der Waals surface area contributed by atoms with E-state index in [9.17, 15) is 0 Å². The molecule has 2 aliphatic heterocycles. The van der Waals surface area contributed by atoms with Crippen LogP contribution in [0.3, 0.4) is 0 Å². The molecule has 0 N–H and O–H groups in total. The lowest BCUT2D eigenvalue weighted by Crippen LogP contribution is -2.34. The van der Waals surface area contributed by atoms with Gasteiger partial charge in [-0.05, 0) is 30.2 Å². The lowest BCUT2D eigenvalue weighted by molar-refractivity contribution is -0.673. The van der Waals surface area contributed by atoms with Gasteiger partial charge < -0.3 is 4.90 Å². The van der Waals surface area contributed by atoms with Crippen molar-refractivity contribution in [2.45, 2.75) is 13.0 Å². The van der Waals surface area contributed by atoms with Crippen molar-refractivity contribution in [2.75, 3.05) is 0 Å². The molecule has 0 bridgehead atoms. The zero-order valence-electron chi connectivity index (χ0n) is 12.4. The van der Waals surface area contributed by atoms with Gasteiger partial charge in [0.15, 0.2) is 6.20 Å². The quantitative estimate of drug-likeness (QED) is 0.714. The van der Waals surface area contributed by atoms with E-state index in [0.29, 0.717) is 12.0 Å². The van der Waals surface area contributed by atoms with Gasteiger partial charge in [0.1, 0.15) is 7.05 Å². The van der Waals surface area contributed by atoms with Gasteiger partial charge in [0.05, 0.1) is 11.6 Å². The van der Waals surface area contributed by atoms with Crippen LogP contribution in [0.5, 0.6) is 0 Å². The second kappa shape index (κ2) is 4.59. The van der Waals surface area contributed by atoms with E-state index in [2.05, 4.69) is 90.6 Å². The molecule has 104 valence electrons. The third-order valence-electron chi connectivity index (χ3n) is 4.58. The van der Waals surface area contributed by atoms with E-state index >= 15 is 0 Å². The molecule has 0 spiro atoms. The minimum Gasteiger partial charge on any atom is -0.346 e. The summed E-state index contributed by atoms with van der Waals surface area (Å²) in [6.07, 6.45) is 17.8. The Morgan fingerprint density at radius 3 is 2.90 bits per heavy atom. The van der Waals surface area contributed by atoms with Gasteiger partial charge in [-0.25, -0.2) is 4.57 Å². The zero-order chi connectivity index (χ0) is 14.4. The van der Waals surface area contributed by atoms with Crippen molar-refractivity contribution in [3.8, 4) is 0 Å². The van der Waals surface area contributed by atoms with Crippen LogP contribution in [0.1, 0.15) is 12.6 Å². The molecule has 0 fully saturated rings. The van der Waals surface area contributed by atoms with Crippen LogP contribution in [0.4, 0.5) is 0 Å². The molecule has 0 radical (unpaired) electrons. The number of hydrogen-bond acceptors (Lipinski definition) is 1. The highest BCUT2D eigenvalue weighted by atomic mass is 15.1. The van der Waals surface area contributed by atoms with Crippen LogP contribution in [0.15, 0.2) is 78.3 Å². The smallest absolute Gasteiger partial charge is 0.212 e. The molecule has 1 aliphatic carbocycles. The number of hydrogen-bond donors (Lipinski definition) is 0. The summed E-state index contributed by atoms with van der Waals surface area (Å²) >= 11 is 0. The van der Waals surface area contributed by atoms with Crippen molar-refractivity contribution in [3.05, 3.63) is 84.0 Å². The second-order valence-corrected chi connectivity index (χ2v) is 5.89.